The first-order valence-electron chi connectivity index (χ1n) is 11.0. The topological polar surface area (TPSA) is 83.5 Å². The van der Waals surface area contributed by atoms with Crippen LogP contribution in [0, 0.1) is 5.82 Å². The van der Waals surface area contributed by atoms with Crippen molar-refractivity contribution >= 4 is 16.7 Å². The van der Waals surface area contributed by atoms with Gasteiger partial charge in [0.1, 0.15) is 24.5 Å². The lowest BCUT2D eigenvalue weighted by molar-refractivity contribution is 0.171. The molecule has 3 aromatic heterocycles. The monoisotopic (exact) mass is 457 g/mol. The van der Waals surface area contributed by atoms with E-state index in [4.69, 9.17) is 14.6 Å². The largest absolute Gasteiger partial charge is 0.486 e. The number of aryl methyl sites for hydroxylation is 1. The molecule has 34 heavy (non-hydrogen) atoms. The normalized spacial score (nSPS) is 13.0. The van der Waals surface area contributed by atoms with E-state index in [2.05, 4.69) is 10.2 Å². The van der Waals surface area contributed by atoms with Crippen LogP contribution in [0.25, 0.3) is 27.8 Å². The summed E-state index contributed by atoms with van der Waals surface area (Å²) in [5.41, 5.74) is 4.35. The van der Waals surface area contributed by atoms with Gasteiger partial charge in [0.15, 0.2) is 22.7 Å². The third-order valence-electron chi connectivity index (χ3n) is 5.95. The first kappa shape index (κ1) is 20.3. The standard InChI is InChI=1S/C25H20FN5O3/c1-2-18-22(16-4-6-17(26)7-5-16)24-28-27-23-19(31(24)29-18)9-10-30(25(23)32)14-15-3-8-20-21(13-15)34-12-11-33-20/h3-10,13H,2,11-12,14H2,1H3. The molecular weight excluding hydrogens is 437 g/mol. The maximum atomic E-state index is 13.5. The van der Waals surface area contributed by atoms with E-state index in [0.29, 0.717) is 48.8 Å². The van der Waals surface area contributed by atoms with Gasteiger partial charge in [-0.05, 0) is 47.9 Å². The average Bonchev–Trinajstić information content (AvgIpc) is 3.25. The number of nitrogens with zero attached hydrogens (tertiary/aromatic N) is 5. The van der Waals surface area contributed by atoms with Crippen LogP contribution in [-0.4, -0.2) is 37.6 Å². The third kappa shape index (κ3) is 3.28. The molecule has 0 unspecified atom stereocenters. The van der Waals surface area contributed by atoms with Crippen molar-refractivity contribution < 1.29 is 13.9 Å². The smallest absolute Gasteiger partial charge is 0.280 e. The van der Waals surface area contributed by atoms with Gasteiger partial charge in [-0.1, -0.05) is 25.1 Å². The first-order valence-corrected chi connectivity index (χ1v) is 11.0. The van der Waals surface area contributed by atoms with Crippen LogP contribution in [0.1, 0.15) is 18.2 Å². The van der Waals surface area contributed by atoms with E-state index in [0.717, 1.165) is 22.4 Å². The number of fused-ring (bicyclic) bond motifs is 4. The number of hydrogen-bond donors (Lipinski definition) is 0. The van der Waals surface area contributed by atoms with Crippen molar-refractivity contribution in [1.82, 2.24) is 24.4 Å². The molecule has 0 aliphatic carbocycles. The summed E-state index contributed by atoms with van der Waals surface area (Å²) in [4.78, 5) is 13.3. The van der Waals surface area contributed by atoms with E-state index in [1.165, 1.54) is 12.1 Å². The lowest BCUT2D eigenvalue weighted by Crippen LogP contribution is -2.22. The molecule has 2 aromatic carbocycles. The summed E-state index contributed by atoms with van der Waals surface area (Å²) in [6, 6.07) is 13.7. The van der Waals surface area contributed by atoms with Crippen molar-refractivity contribution in [2.45, 2.75) is 19.9 Å². The van der Waals surface area contributed by atoms with Crippen LogP contribution < -0.4 is 15.0 Å². The number of hydrogen-bond acceptors (Lipinski definition) is 6. The maximum absolute atomic E-state index is 13.5. The molecule has 170 valence electrons. The first-order chi connectivity index (χ1) is 16.6. The van der Waals surface area contributed by atoms with E-state index >= 15 is 0 Å². The molecule has 6 rings (SSSR count). The van der Waals surface area contributed by atoms with Crippen LogP contribution in [0.15, 0.2) is 59.5 Å². The molecule has 0 saturated heterocycles. The highest BCUT2D eigenvalue weighted by Gasteiger charge is 2.19. The van der Waals surface area contributed by atoms with E-state index in [9.17, 15) is 9.18 Å². The van der Waals surface area contributed by atoms with Crippen molar-refractivity contribution in [3.05, 3.63) is 82.2 Å². The molecule has 1 aliphatic heterocycles. The highest BCUT2D eigenvalue weighted by Crippen LogP contribution is 2.31. The molecule has 0 atom stereocenters. The van der Waals surface area contributed by atoms with Gasteiger partial charge in [-0.2, -0.15) is 5.10 Å². The molecule has 0 N–H and O–H groups in total. The Hall–Kier alpha value is -4.27. The molecule has 0 radical (unpaired) electrons. The third-order valence-corrected chi connectivity index (χ3v) is 5.95. The quantitative estimate of drug-likeness (QED) is 0.410. The van der Waals surface area contributed by atoms with Crippen LogP contribution in [0.5, 0.6) is 11.5 Å². The number of benzene rings is 2. The number of rotatable bonds is 4. The Morgan fingerprint density at radius 3 is 2.59 bits per heavy atom. The molecule has 8 nitrogen and oxygen atoms in total. The van der Waals surface area contributed by atoms with Gasteiger partial charge in [0.2, 0.25) is 0 Å². The Kier molecular flexibility index (Phi) is 4.75. The van der Waals surface area contributed by atoms with Crippen molar-refractivity contribution in [1.29, 1.82) is 0 Å². The molecule has 0 amide bonds. The number of pyridine rings is 1. The van der Waals surface area contributed by atoms with Crippen molar-refractivity contribution in [2.24, 2.45) is 0 Å². The molecule has 0 fully saturated rings. The fraction of sp³-hybridized carbons (Fsp3) is 0.200. The fourth-order valence-corrected chi connectivity index (χ4v) is 4.30. The van der Waals surface area contributed by atoms with E-state index in [-0.39, 0.29) is 16.9 Å². The van der Waals surface area contributed by atoms with Crippen molar-refractivity contribution in [3.63, 3.8) is 0 Å². The molecule has 0 saturated carbocycles. The molecule has 0 bridgehead atoms. The van der Waals surface area contributed by atoms with E-state index in [1.807, 2.05) is 31.2 Å². The highest BCUT2D eigenvalue weighted by atomic mass is 19.1. The Bertz CT molecular complexity index is 1610. The SMILES string of the molecule is CCc1nn2c(nnc3c(=O)n(Cc4ccc5c(c4)OCCO5)ccc32)c1-c1ccc(F)cc1. The van der Waals surface area contributed by atoms with Crippen LogP contribution in [0.2, 0.25) is 0 Å². The van der Waals surface area contributed by atoms with Gasteiger partial charge in [-0.3, -0.25) is 4.79 Å². The van der Waals surface area contributed by atoms with Gasteiger partial charge >= 0.3 is 0 Å². The van der Waals surface area contributed by atoms with Gasteiger partial charge in [-0.25, -0.2) is 8.91 Å². The number of ether oxygens (including phenoxy) is 2. The van der Waals surface area contributed by atoms with Gasteiger partial charge in [0, 0.05) is 6.20 Å². The summed E-state index contributed by atoms with van der Waals surface area (Å²) in [6.45, 7) is 3.37. The lowest BCUT2D eigenvalue weighted by atomic mass is 10.0. The van der Waals surface area contributed by atoms with Gasteiger partial charge in [0.25, 0.3) is 5.56 Å². The summed E-state index contributed by atoms with van der Waals surface area (Å²) in [5, 5.41) is 13.3. The summed E-state index contributed by atoms with van der Waals surface area (Å²) in [7, 11) is 0. The second-order valence-electron chi connectivity index (χ2n) is 8.08. The van der Waals surface area contributed by atoms with Crippen molar-refractivity contribution in [3.8, 4) is 22.6 Å². The van der Waals surface area contributed by atoms with Crippen LogP contribution in [-0.2, 0) is 13.0 Å². The Labute approximate surface area is 193 Å². The minimum atomic E-state index is -0.312. The molecule has 1 aliphatic rings. The van der Waals surface area contributed by atoms with Crippen LogP contribution in [0.4, 0.5) is 4.39 Å². The molecule has 4 heterocycles. The molecule has 5 aromatic rings. The Balaban J connectivity index is 1.45. The number of halogens is 1. The predicted molar refractivity (Wildman–Crippen MR) is 124 cm³/mol. The second-order valence-corrected chi connectivity index (χ2v) is 8.08. The molecule has 9 heteroatoms. The van der Waals surface area contributed by atoms with Crippen LogP contribution in [0.3, 0.4) is 0 Å². The lowest BCUT2D eigenvalue weighted by Gasteiger charge is -2.19. The molecular formula is C25H20FN5O3. The minimum Gasteiger partial charge on any atom is -0.486 e. The maximum Gasteiger partial charge on any atom is 0.280 e. The molecule has 0 spiro atoms. The average molecular weight is 457 g/mol. The van der Waals surface area contributed by atoms with Crippen LogP contribution >= 0.6 is 0 Å². The van der Waals surface area contributed by atoms with Gasteiger partial charge in [0.05, 0.1) is 17.8 Å². The second kappa shape index (κ2) is 7.95. The van der Waals surface area contributed by atoms with Gasteiger partial charge in [-0.15, -0.1) is 10.2 Å². The minimum absolute atomic E-state index is 0.225. The summed E-state index contributed by atoms with van der Waals surface area (Å²) >= 11 is 0. The summed E-state index contributed by atoms with van der Waals surface area (Å²) < 4.78 is 27.9. The fourth-order valence-electron chi connectivity index (χ4n) is 4.30. The predicted octanol–water partition coefficient (Wildman–Crippen LogP) is 3.63. The summed E-state index contributed by atoms with van der Waals surface area (Å²) in [5.74, 6) is 1.07. The summed E-state index contributed by atoms with van der Waals surface area (Å²) in [6.07, 6.45) is 2.38. The zero-order chi connectivity index (χ0) is 23.2. The Morgan fingerprint density at radius 2 is 1.79 bits per heavy atom. The van der Waals surface area contributed by atoms with Gasteiger partial charge < -0.3 is 14.0 Å². The van der Waals surface area contributed by atoms with E-state index in [1.54, 1.807) is 27.4 Å². The highest BCUT2D eigenvalue weighted by molar-refractivity contribution is 5.84. The number of aromatic nitrogens is 5. The Morgan fingerprint density at radius 1 is 1.00 bits per heavy atom. The zero-order valence-electron chi connectivity index (χ0n) is 18.4. The van der Waals surface area contributed by atoms with E-state index < -0.39 is 0 Å². The van der Waals surface area contributed by atoms with Crippen molar-refractivity contribution in [2.75, 3.05) is 13.2 Å². The zero-order valence-corrected chi connectivity index (χ0v) is 18.4.